The summed E-state index contributed by atoms with van der Waals surface area (Å²) in [5.41, 5.74) is 0. The molecule has 0 bridgehead atoms. The molecule has 0 saturated carbocycles. The maximum absolute atomic E-state index is 12.7. The molecule has 1 fully saturated rings. The lowest BCUT2D eigenvalue weighted by molar-refractivity contribution is -0.752. The standard InChI is InChI=1S/C21H35N2O3/c1-5-7-8-9-10-11-12-13-14-15-16-18-19(24)22(3)21(26)23(4,17-6-2)20(18)25/h6,14-15,18H,2,5,7-13,16-17H2,1,3-4H3/q+1/b15-14+/t18?,23-/m0/s1. The number of hydrogen-bond donors (Lipinski definition) is 0. The maximum atomic E-state index is 12.7. The second-order valence-corrected chi connectivity index (χ2v) is 7.35. The average Bonchev–Trinajstić information content (AvgIpc) is 2.63. The number of nitrogens with zero attached hydrogens (tertiary/aromatic N) is 2. The molecule has 0 N–H and O–H groups in total. The lowest BCUT2D eigenvalue weighted by atomic mass is 9.97. The van der Waals surface area contributed by atoms with Crippen molar-refractivity contribution in [2.75, 3.05) is 20.6 Å². The van der Waals surface area contributed by atoms with Gasteiger partial charge in [-0.1, -0.05) is 64.2 Å². The van der Waals surface area contributed by atoms with Gasteiger partial charge >= 0.3 is 11.9 Å². The van der Waals surface area contributed by atoms with E-state index in [1.165, 1.54) is 45.6 Å². The summed E-state index contributed by atoms with van der Waals surface area (Å²) in [5, 5.41) is 0. The molecule has 5 nitrogen and oxygen atoms in total. The van der Waals surface area contributed by atoms with E-state index in [9.17, 15) is 14.4 Å². The Bertz CT molecular complexity index is 541. The Morgan fingerprint density at radius 1 is 1.04 bits per heavy atom. The summed E-state index contributed by atoms with van der Waals surface area (Å²) in [4.78, 5) is 38.5. The largest absolute Gasteiger partial charge is 0.433 e. The number of barbiturate groups is 1. The van der Waals surface area contributed by atoms with Gasteiger partial charge in [-0.15, -0.1) is 0 Å². The first-order valence-electron chi connectivity index (χ1n) is 9.88. The molecule has 1 aliphatic heterocycles. The van der Waals surface area contributed by atoms with Crippen LogP contribution in [0, 0.1) is 5.92 Å². The van der Waals surface area contributed by atoms with Crippen LogP contribution in [0.4, 0.5) is 4.79 Å². The summed E-state index contributed by atoms with van der Waals surface area (Å²) in [6.07, 6.45) is 15.7. The summed E-state index contributed by atoms with van der Waals surface area (Å²) < 4.78 is -0.415. The van der Waals surface area contributed by atoms with Crippen LogP contribution in [0.15, 0.2) is 24.8 Å². The maximum Gasteiger partial charge on any atom is 0.433 e. The molecule has 26 heavy (non-hydrogen) atoms. The number of rotatable bonds is 12. The van der Waals surface area contributed by atoms with Crippen LogP contribution in [0.3, 0.4) is 0 Å². The Morgan fingerprint density at radius 3 is 2.27 bits per heavy atom. The van der Waals surface area contributed by atoms with Crippen LogP contribution < -0.4 is 0 Å². The van der Waals surface area contributed by atoms with Gasteiger partial charge in [0.1, 0.15) is 6.54 Å². The molecule has 1 aliphatic rings. The van der Waals surface area contributed by atoms with Gasteiger partial charge in [-0.3, -0.25) is 4.79 Å². The first-order valence-corrected chi connectivity index (χ1v) is 9.88. The van der Waals surface area contributed by atoms with Gasteiger partial charge in [-0.25, -0.2) is 14.5 Å². The van der Waals surface area contributed by atoms with E-state index in [4.69, 9.17) is 0 Å². The highest BCUT2D eigenvalue weighted by atomic mass is 16.2. The number of imide groups is 2. The summed E-state index contributed by atoms with van der Waals surface area (Å²) in [5.74, 6) is -1.52. The van der Waals surface area contributed by atoms with Crippen LogP contribution in [-0.2, 0) is 9.59 Å². The van der Waals surface area contributed by atoms with Crippen molar-refractivity contribution in [3.05, 3.63) is 24.8 Å². The van der Waals surface area contributed by atoms with E-state index in [1.807, 2.05) is 6.08 Å². The van der Waals surface area contributed by atoms with E-state index < -0.39 is 22.3 Å². The molecule has 1 rings (SSSR count). The molecule has 1 heterocycles. The van der Waals surface area contributed by atoms with Crippen LogP contribution in [0.2, 0.25) is 0 Å². The zero-order valence-electron chi connectivity index (χ0n) is 16.7. The highest BCUT2D eigenvalue weighted by Gasteiger charge is 2.54. The highest BCUT2D eigenvalue weighted by molar-refractivity contribution is 6.10. The number of carbonyl (C=O) groups excluding carboxylic acids is 3. The normalized spacial score (nSPS) is 23.9. The fraction of sp³-hybridized carbons (Fsp3) is 0.667. The number of amides is 4. The lowest BCUT2D eigenvalue weighted by Crippen LogP contribution is -2.67. The van der Waals surface area contributed by atoms with Gasteiger partial charge < -0.3 is 0 Å². The lowest BCUT2D eigenvalue weighted by Gasteiger charge is -2.37. The Balaban J connectivity index is 2.47. The molecule has 5 heteroatoms. The molecule has 0 aromatic carbocycles. The summed E-state index contributed by atoms with van der Waals surface area (Å²) >= 11 is 0. The number of unbranched alkanes of at least 4 members (excludes halogenated alkanes) is 7. The topological polar surface area (TPSA) is 54.5 Å². The fourth-order valence-electron chi connectivity index (χ4n) is 3.40. The third kappa shape index (κ3) is 5.63. The van der Waals surface area contributed by atoms with Crippen molar-refractivity contribution in [3.63, 3.8) is 0 Å². The minimum Gasteiger partial charge on any atom is -0.273 e. The van der Waals surface area contributed by atoms with Crippen LogP contribution in [0.5, 0.6) is 0 Å². The van der Waals surface area contributed by atoms with Gasteiger partial charge in [0.25, 0.3) is 5.91 Å². The molecule has 2 atom stereocenters. The van der Waals surface area contributed by atoms with E-state index in [0.717, 1.165) is 17.7 Å². The van der Waals surface area contributed by atoms with E-state index in [1.54, 1.807) is 13.1 Å². The SMILES string of the molecule is C=CC[N@@+]1(C)C(=O)C(C/C=C/CCCCCCCCC)C(=O)N(C)C1=O. The number of urea groups is 1. The third-order valence-corrected chi connectivity index (χ3v) is 5.13. The van der Waals surface area contributed by atoms with Gasteiger partial charge in [0.05, 0.1) is 7.05 Å². The van der Waals surface area contributed by atoms with Crippen molar-refractivity contribution in [2.24, 2.45) is 5.92 Å². The van der Waals surface area contributed by atoms with Crippen LogP contribution >= 0.6 is 0 Å². The number of quaternary nitrogens is 1. The zero-order chi connectivity index (χ0) is 19.6. The second-order valence-electron chi connectivity index (χ2n) is 7.35. The van der Waals surface area contributed by atoms with Crippen molar-refractivity contribution in [3.8, 4) is 0 Å². The third-order valence-electron chi connectivity index (χ3n) is 5.13. The second kappa shape index (κ2) is 11.1. The minimum atomic E-state index is -0.784. The fourth-order valence-corrected chi connectivity index (χ4v) is 3.40. The monoisotopic (exact) mass is 363 g/mol. The predicted molar refractivity (Wildman–Crippen MR) is 104 cm³/mol. The quantitative estimate of drug-likeness (QED) is 0.223. The van der Waals surface area contributed by atoms with Gasteiger partial charge in [-0.05, 0) is 25.3 Å². The van der Waals surface area contributed by atoms with Gasteiger partial charge in [0, 0.05) is 7.05 Å². The molecule has 0 aromatic rings. The zero-order valence-corrected chi connectivity index (χ0v) is 16.7. The molecule has 1 unspecified atom stereocenters. The van der Waals surface area contributed by atoms with Crippen LogP contribution in [-0.4, -0.2) is 47.9 Å². The number of carbonyl (C=O) groups is 3. The van der Waals surface area contributed by atoms with Crippen molar-refractivity contribution >= 4 is 17.8 Å². The molecule has 1 saturated heterocycles. The Labute approximate surface area is 158 Å². The van der Waals surface area contributed by atoms with Crippen LogP contribution in [0.1, 0.15) is 64.7 Å². The van der Waals surface area contributed by atoms with E-state index in [2.05, 4.69) is 19.6 Å². The molecule has 0 radical (unpaired) electrons. The first kappa shape index (κ1) is 22.3. The van der Waals surface area contributed by atoms with Crippen molar-refractivity contribution in [1.82, 2.24) is 4.90 Å². The number of hydrogen-bond acceptors (Lipinski definition) is 3. The van der Waals surface area contributed by atoms with Crippen molar-refractivity contribution < 1.29 is 18.9 Å². The Hall–Kier alpha value is -1.75. The minimum absolute atomic E-state index is 0.202. The molecule has 0 spiro atoms. The van der Waals surface area contributed by atoms with Crippen molar-refractivity contribution in [2.45, 2.75) is 64.7 Å². The Morgan fingerprint density at radius 2 is 1.65 bits per heavy atom. The van der Waals surface area contributed by atoms with Gasteiger partial charge in [0.2, 0.25) is 0 Å². The number of allylic oxidation sites excluding steroid dienone is 2. The van der Waals surface area contributed by atoms with Crippen LogP contribution in [0.25, 0.3) is 0 Å². The summed E-state index contributed by atoms with van der Waals surface area (Å²) in [6.45, 7) is 6.05. The summed E-state index contributed by atoms with van der Waals surface area (Å²) in [7, 11) is 3.01. The number of likely N-dealkylation sites (N-methyl/N-ethyl adjacent to an activating group) is 1. The van der Waals surface area contributed by atoms with Crippen molar-refractivity contribution in [1.29, 1.82) is 0 Å². The molecular weight excluding hydrogens is 328 g/mol. The molecule has 4 amide bonds. The van der Waals surface area contributed by atoms with E-state index in [-0.39, 0.29) is 12.5 Å². The Kier molecular flexibility index (Phi) is 9.49. The van der Waals surface area contributed by atoms with Gasteiger partial charge in [0.15, 0.2) is 5.92 Å². The molecular formula is C21H35N2O3+. The molecule has 0 aromatic heterocycles. The van der Waals surface area contributed by atoms with Gasteiger partial charge in [-0.2, -0.15) is 4.48 Å². The summed E-state index contributed by atoms with van der Waals surface area (Å²) in [6, 6.07) is -0.483. The molecule has 0 aliphatic carbocycles. The van der Waals surface area contributed by atoms with E-state index >= 15 is 0 Å². The first-order chi connectivity index (χ1) is 12.4. The smallest absolute Gasteiger partial charge is 0.273 e. The van der Waals surface area contributed by atoms with E-state index in [0.29, 0.717) is 6.42 Å². The highest BCUT2D eigenvalue weighted by Crippen LogP contribution is 2.25. The predicted octanol–water partition coefficient (Wildman–Crippen LogP) is 4.44. The molecule has 146 valence electrons. The average molecular weight is 364 g/mol.